The second-order valence-electron chi connectivity index (χ2n) is 13.1. The fourth-order valence-electron chi connectivity index (χ4n) is 7.84. The van der Waals surface area contributed by atoms with E-state index in [4.69, 9.17) is 9.84 Å². The number of anilines is 1. The molecule has 4 saturated heterocycles. The Balaban J connectivity index is 1.01. The maximum atomic E-state index is 13.5. The monoisotopic (exact) mass is 569 g/mol. The topological polar surface area (TPSA) is 117 Å². The molecule has 5 fully saturated rings. The molecule has 9 rings (SSSR count). The van der Waals surface area contributed by atoms with Crippen molar-refractivity contribution in [2.24, 2.45) is 5.41 Å². The standard InChI is InChI=1S/C32H35N5O5/c1-31(9-11-35(12-10-31)30(41)32-14-21(15-32)42-18-32)36-17-19(16-33-36)13-20-5-6-24-27-22(20)3-2-4-23(27)29(40)37(24)25-7-8-26(38)34-28(25)39/h2-6,16-17,21,25-26,38H,7-15,18H2,1H3,(H,34,39). The summed E-state index contributed by atoms with van der Waals surface area (Å²) in [5.41, 5.74) is 3.11. The quantitative estimate of drug-likeness (QED) is 0.488. The molecular weight excluding hydrogens is 534 g/mol. The molecular formula is C32H35N5O5. The number of nitrogens with one attached hydrogen (secondary N) is 1. The third kappa shape index (κ3) is 3.77. The summed E-state index contributed by atoms with van der Waals surface area (Å²) >= 11 is 0. The van der Waals surface area contributed by atoms with Crippen LogP contribution in [0.15, 0.2) is 42.7 Å². The maximum absolute atomic E-state index is 13.5. The number of aliphatic hydroxyl groups excluding tert-OH is 1. The Bertz CT molecular complexity index is 1630. The largest absolute Gasteiger partial charge is 0.377 e. The van der Waals surface area contributed by atoms with Crippen LogP contribution in [0.1, 0.15) is 66.9 Å². The van der Waals surface area contributed by atoms with Gasteiger partial charge in [-0.3, -0.25) is 24.0 Å². The van der Waals surface area contributed by atoms with E-state index in [-0.39, 0.29) is 34.8 Å². The first-order chi connectivity index (χ1) is 20.2. The average molecular weight is 570 g/mol. The summed E-state index contributed by atoms with van der Waals surface area (Å²) in [5, 5.41) is 19.0. The van der Waals surface area contributed by atoms with Gasteiger partial charge in [-0.2, -0.15) is 5.10 Å². The van der Waals surface area contributed by atoms with Gasteiger partial charge >= 0.3 is 0 Å². The van der Waals surface area contributed by atoms with E-state index in [1.165, 1.54) is 0 Å². The van der Waals surface area contributed by atoms with Crippen molar-refractivity contribution in [2.45, 2.75) is 75.8 Å². The molecule has 0 spiro atoms. The molecule has 2 bridgehead atoms. The van der Waals surface area contributed by atoms with Gasteiger partial charge in [0.2, 0.25) is 11.8 Å². The molecule has 2 aromatic carbocycles. The number of carbonyl (C=O) groups is 3. The van der Waals surface area contributed by atoms with E-state index in [9.17, 15) is 19.5 Å². The molecule has 1 aliphatic carbocycles. The van der Waals surface area contributed by atoms with Gasteiger partial charge in [-0.1, -0.05) is 18.2 Å². The van der Waals surface area contributed by atoms with E-state index >= 15 is 0 Å². The number of piperidine rings is 2. The Morgan fingerprint density at radius 2 is 1.95 bits per heavy atom. The summed E-state index contributed by atoms with van der Waals surface area (Å²) in [6, 6.07) is 9.12. The Morgan fingerprint density at radius 1 is 1.14 bits per heavy atom. The van der Waals surface area contributed by atoms with E-state index in [1.54, 1.807) is 4.90 Å². The lowest BCUT2D eigenvalue weighted by molar-refractivity contribution is -0.146. The zero-order chi connectivity index (χ0) is 28.8. The molecule has 42 heavy (non-hydrogen) atoms. The lowest BCUT2D eigenvalue weighted by Crippen LogP contribution is -2.55. The normalized spacial score (nSPS) is 29.6. The van der Waals surface area contributed by atoms with Crippen LogP contribution in [-0.2, 0) is 26.3 Å². The van der Waals surface area contributed by atoms with E-state index in [1.807, 2.05) is 41.4 Å². The van der Waals surface area contributed by atoms with Gasteiger partial charge < -0.3 is 20.1 Å². The van der Waals surface area contributed by atoms with Crippen molar-refractivity contribution in [1.82, 2.24) is 20.0 Å². The van der Waals surface area contributed by atoms with Gasteiger partial charge in [-0.15, -0.1) is 0 Å². The molecule has 0 radical (unpaired) electrons. The highest BCUT2D eigenvalue weighted by atomic mass is 16.5. The number of amides is 3. The van der Waals surface area contributed by atoms with Crippen molar-refractivity contribution in [3.05, 3.63) is 59.4 Å². The number of rotatable bonds is 5. The first-order valence-corrected chi connectivity index (χ1v) is 15.1. The first kappa shape index (κ1) is 25.9. The Hall–Kier alpha value is -3.76. The number of aliphatic hydroxyl groups is 1. The number of hydrogen-bond acceptors (Lipinski definition) is 6. The molecule has 3 aromatic rings. The SMILES string of the molecule is CC1(n2cc(Cc3ccc4c5c(cccc35)C(=O)N4C3CCC(O)NC3=O)cn2)CCN(C(=O)C23COC(C2)C3)CC1. The summed E-state index contributed by atoms with van der Waals surface area (Å²) < 4.78 is 7.76. The molecule has 6 heterocycles. The molecule has 1 aromatic heterocycles. The number of aromatic nitrogens is 2. The van der Waals surface area contributed by atoms with E-state index in [2.05, 4.69) is 23.1 Å². The van der Waals surface area contributed by atoms with Crippen LogP contribution >= 0.6 is 0 Å². The predicted molar refractivity (Wildman–Crippen MR) is 154 cm³/mol. The fourth-order valence-corrected chi connectivity index (χ4v) is 7.84. The Labute approximate surface area is 243 Å². The number of hydrogen-bond donors (Lipinski definition) is 2. The molecule has 1 saturated carbocycles. The molecule has 2 unspecified atom stereocenters. The zero-order valence-corrected chi connectivity index (χ0v) is 23.7. The molecule has 10 nitrogen and oxygen atoms in total. The minimum Gasteiger partial charge on any atom is -0.377 e. The number of carbonyl (C=O) groups excluding carboxylic acids is 3. The van der Waals surface area contributed by atoms with Crippen LogP contribution in [-0.4, -0.2) is 75.6 Å². The summed E-state index contributed by atoms with van der Waals surface area (Å²) in [5.74, 6) is -0.232. The van der Waals surface area contributed by atoms with Crippen molar-refractivity contribution in [1.29, 1.82) is 0 Å². The second-order valence-corrected chi connectivity index (χ2v) is 13.1. The van der Waals surface area contributed by atoms with Gasteiger partial charge in [0.1, 0.15) is 12.3 Å². The van der Waals surface area contributed by atoms with Crippen LogP contribution in [0.4, 0.5) is 5.69 Å². The predicted octanol–water partition coefficient (Wildman–Crippen LogP) is 2.70. The van der Waals surface area contributed by atoms with Gasteiger partial charge in [0.15, 0.2) is 0 Å². The van der Waals surface area contributed by atoms with Gasteiger partial charge in [0, 0.05) is 36.7 Å². The lowest BCUT2D eigenvalue weighted by atomic mass is 9.69. The summed E-state index contributed by atoms with van der Waals surface area (Å²) in [7, 11) is 0. The van der Waals surface area contributed by atoms with Gasteiger partial charge in [0.05, 0.1) is 35.5 Å². The third-order valence-electron chi connectivity index (χ3n) is 10.5. The number of fused-ring (bicyclic) bond motifs is 1. The maximum Gasteiger partial charge on any atom is 0.259 e. The van der Waals surface area contributed by atoms with Crippen molar-refractivity contribution in [3.8, 4) is 0 Å². The van der Waals surface area contributed by atoms with Crippen LogP contribution in [0.25, 0.3) is 10.8 Å². The Kier molecular flexibility index (Phi) is 5.63. The minimum atomic E-state index is -0.869. The minimum absolute atomic E-state index is 0.163. The average Bonchev–Trinajstić information content (AvgIpc) is 3.76. The van der Waals surface area contributed by atoms with Gasteiger partial charge in [-0.25, -0.2) is 0 Å². The van der Waals surface area contributed by atoms with E-state index < -0.39 is 12.3 Å². The summed E-state index contributed by atoms with van der Waals surface area (Å²) in [6.07, 6.45) is 8.41. The van der Waals surface area contributed by atoms with E-state index in [0.29, 0.717) is 31.4 Å². The second kappa shape index (κ2) is 9.12. The van der Waals surface area contributed by atoms with Crippen LogP contribution in [0.5, 0.6) is 0 Å². The van der Waals surface area contributed by atoms with Gasteiger partial charge in [-0.05, 0) is 74.1 Å². The highest BCUT2D eigenvalue weighted by Crippen LogP contribution is 2.51. The molecule has 2 atom stereocenters. The fraction of sp³-hybridized carbons (Fsp3) is 0.500. The van der Waals surface area contributed by atoms with Crippen LogP contribution in [0.2, 0.25) is 0 Å². The van der Waals surface area contributed by atoms with Crippen molar-refractivity contribution < 1.29 is 24.2 Å². The first-order valence-electron chi connectivity index (χ1n) is 15.1. The molecule has 218 valence electrons. The number of benzene rings is 2. The number of nitrogens with zero attached hydrogens (tertiary/aromatic N) is 4. The van der Waals surface area contributed by atoms with E-state index in [0.717, 1.165) is 66.4 Å². The van der Waals surface area contributed by atoms with Crippen molar-refractivity contribution >= 4 is 34.2 Å². The van der Waals surface area contributed by atoms with Crippen LogP contribution in [0.3, 0.4) is 0 Å². The highest BCUT2D eigenvalue weighted by molar-refractivity contribution is 6.27. The third-order valence-corrected chi connectivity index (χ3v) is 10.5. The molecule has 2 N–H and O–H groups in total. The smallest absolute Gasteiger partial charge is 0.259 e. The molecule has 10 heteroatoms. The highest BCUT2D eigenvalue weighted by Gasteiger charge is 2.58. The molecule has 6 aliphatic rings. The lowest BCUT2D eigenvalue weighted by Gasteiger charge is -2.44. The summed E-state index contributed by atoms with van der Waals surface area (Å²) in [4.78, 5) is 43.0. The number of ether oxygens (including phenoxy) is 1. The van der Waals surface area contributed by atoms with Crippen LogP contribution < -0.4 is 10.2 Å². The zero-order valence-electron chi connectivity index (χ0n) is 23.7. The van der Waals surface area contributed by atoms with Crippen molar-refractivity contribution in [3.63, 3.8) is 0 Å². The summed E-state index contributed by atoms with van der Waals surface area (Å²) in [6.45, 7) is 4.26. The number of likely N-dealkylation sites (tertiary alicyclic amines) is 1. The molecule has 5 aliphatic heterocycles. The van der Waals surface area contributed by atoms with Crippen LogP contribution in [0, 0.1) is 5.41 Å². The Morgan fingerprint density at radius 3 is 2.69 bits per heavy atom. The molecule has 3 amide bonds. The van der Waals surface area contributed by atoms with Crippen molar-refractivity contribution in [2.75, 3.05) is 24.6 Å². The van der Waals surface area contributed by atoms with Gasteiger partial charge in [0.25, 0.3) is 5.91 Å².